The zero-order valence-electron chi connectivity index (χ0n) is 12.8. The molecule has 124 valence electrons. The van der Waals surface area contributed by atoms with Crippen molar-refractivity contribution < 1.29 is 8.42 Å². The first-order valence-electron chi connectivity index (χ1n) is 7.28. The summed E-state index contributed by atoms with van der Waals surface area (Å²) >= 11 is 0. The van der Waals surface area contributed by atoms with Crippen LogP contribution in [0.4, 0.5) is 0 Å². The molecule has 2 rings (SSSR count). The summed E-state index contributed by atoms with van der Waals surface area (Å²) in [6, 6.07) is 6.94. The van der Waals surface area contributed by atoms with Gasteiger partial charge in [0.2, 0.25) is 0 Å². The number of nitrogens with zero attached hydrogens (tertiary/aromatic N) is 1. The lowest BCUT2D eigenvalue weighted by Gasteiger charge is -2.23. The molecule has 0 atom stereocenters. The third kappa shape index (κ3) is 6.12. The largest absolute Gasteiger partial charge is 0.370 e. The van der Waals surface area contributed by atoms with E-state index in [0.29, 0.717) is 23.3 Å². The van der Waals surface area contributed by atoms with Gasteiger partial charge in [-0.05, 0) is 42.9 Å². The zero-order valence-corrected chi connectivity index (χ0v) is 15.9. The third-order valence-electron chi connectivity index (χ3n) is 3.82. The van der Waals surface area contributed by atoms with Crippen LogP contribution in [-0.4, -0.2) is 33.7 Å². The first-order valence-corrected chi connectivity index (χ1v) is 9.17. The summed E-state index contributed by atoms with van der Waals surface area (Å²) in [5, 5.41) is 3.09. The smallest absolute Gasteiger partial charge is 0.188 e. The second-order valence-corrected chi connectivity index (χ2v) is 7.63. The first-order chi connectivity index (χ1) is 9.95. The standard InChI is InChI=1S/C15H23N3O2S.HI/c1-21(19,20)14-7-5-12(6-8-14)9-10-17-15(16)18-11-13-3-2-4-13;/h5-8,13H,2-4,9-11H2,1H3,(H3,16,17,18);1H. The van der Waals surface area contributed by atoms with Crippen LogP contribution in [0.15, 0.2) is 34.2 Å². The van der Waals surface area contributed by atoms with Gasteiger partial charge in [0.1, 0.15) is 0 Å². The highest BCUT2D eigenvalue weighted by atomic mass is 127. The fourth-order valence-corrected chi connectivity index (χ4v) is 2.83. The molecule has 0 spiro atoms. The molecule has 1 aromatic carbocycles. The number of aliphatic imine (C=N–C) groups is 1. The van der Waals surface area contributed by atoms with E-state index in [0.717, 1.165) is 18.5 Å². The molecule has 0 unspecified atom stereocenters. The van der Waals surface area contributed by atoms with Gasteiger partial charge in [-0.3, -0.25) is 4.99 Å². The number of guanidine groups is 1. The Morgan fingerprint density at radius 2 is 1.95 bits per heavy atom. The Morgan fingerprint density at radius 1 is 1.32 bits per heavy atom. The predicted molar refractivity (Wildman–Crippen MR) is 101 cm³/mol. The topological polar surface area (TPSA) is 84.5 Å². The highest BCUT2D eigenvalue weighted by molar-refractivity contribution is 14.0. The van der Waals surface area contributed by atoms with Crippen molar-refractivity contribution in [1.82, 2.24) is 5.32 Å². The first kappa shape index (κ1) is 19.2. The Labute approximate surface area is 149 Å². The Hall–Kier alpha value is -0.830. The van der Waals surface area contributed by atoms with Gasteiger partial charge in [-0.1, -0.05) is 18.6 Å². The van der Waals surface area contributed by atoms with Gasteiger partial charge in [0.05, 0.1) is 4.90 Å². The van der Waals surface area contributed by atoms with Gasteiger partial charge in [0, 0.05) is 19.3 Å². The lowest BCUT2D eigenvalue weighted by molar-refractivity contribution is 0.326. The van der Waals surface area contributed by atoms with Crippen molar-refractivity contribution in [3.05, 3.63) is 29.8 Å². The lowest BCUT2D eigenvalue weighted by Crippen LogP contribution is -2.34. The van der Waals surface area contributed by atoms with E-state index in [1.54, 1.807) is 12.1 Å². The maximum Gasteiger partial charge on any atom is 0.188 e. The molecule has 1 aliphatic carbocycles. The second-order valence-electron chi connectivity index (χ2n) is 5.62. The van der Waals surface area contributed by atoms with Gasteiger partial charge in [-0.15, -0.1) is 24.0 Å². The van der Waals surface area contributed by atoms with E-state index in [1.807, 2.05) is 12.1 Å². The molecule has 7 heteroatoms. The summed E-state index contributed by atoms with van der Waals surface area (Å²) in [7, 11) is -3.12. The number of nitrogens with two attached hydrogens (primary N) is 1. The number of hydrogen-bond acceptors (Lipinski definition) is 3. The average molecular weight is 437 g/mol. The summed E-state index contributed by atoms with van der Waals surface area (Å²) in [6.45, 7) is 1.51. The Kier molecular flexibility index (Phi) is 7.61. The molecule has 5 nitrogen and oxygen atoms in total. The number of halogens is 1. The molecule has 0 saturated heterocycles. The van der Waals surface area contributed by atoms with Crippen molar-refractivity contribution in [1.29, 1.82) is 0 Å². The van der Waals surface area contributed by atoms with E-state index in [9.17, 15) is 8.42 Å². The van der Waals surface area contributed by atoms with Crippen LogP contribution in [0.2, 0.25) is 0 Å². The molecule has 22 heavy (non-hydrogen) atoms. The molecule has 1 aromatic rings. The number of sulfone groups is 1. The third-order valence-corrected chi connectivity index (χ3v) is 4.94. The van der Waals surface area contributed by atoms with Crippen LogP contribution in [0.25, 0.3) is 0 Å². The molecular weight excluding hydrogens is 413 g/mol. The number of rotatable bonds is 6. The van der Waals surface area contributed by atoms with E-state index in [1.165, 1.54) is 25.5 Å². The van der Waals surface area contributed by atoms with Crippen LogP contribution in [0.3, 0.4) is 0 Å². The molecule has 0 bridgehead atoms. The van der Waals surface area contributed by atoms with Gasteiger partial charge in [0.25, 0.3) is 0 Å². The van der Waals surface area contributed by atoms with Crippen molar-refractivity contribution >= 4 is 39.8 Å². The lowest BCUT2D eigenvalue weighted by atomic mass is 9.86. The van der Waals surface area contributed by atoms with Crippen molar-refractivity contribution in [3.8, 4) is 0 Å². The van der Waals surface area contributed by atoms with Crippen LogP contribution >= 0.6 is 24.0 Å². The Morgan fingerprint density at radius 3 is 2.45 bits per heavy atom. The minimum Gasteiger partial charge on any atom is -0.370 e. The molecule has 3 N–H and O–H groups in total. The fourth-order valence-electron chi connectivity index (χ4n) is 2.20. The van der Waals surface area contributed by atoms with Crippen molar-refractivity contribution in [2.45, 2.75) is 30.6 Å². The second kappa shape index (κ2) is 8.71. The van der Waals surface area contributed by atoms with E-state index in [4.69, 9.17) is 5.73 Å². The molecule has 1 aliphatic rings. The summed E-state index contributed by atoms with van der Waals surface area (Å²) in [5.74, 6) is 1.21. The van der Waals surface area contributed by atoms with Crippen LogP contribution in [0.5, 0.6) is 0 Å². The normalized spacial score (nSPS) is 15.8. The Bertz CT molecular complexity index is 596. The van der Waals surface area contributed by atoms with Crippen molar-refractivity contribution in [3.63, 3.8) is 0 Å². The highest BCUT2D eigenvalue weighted by Crippen LogP contribution is 2.26. The van der Waals surface area contributed by atoms with Crippen molar-refractivity contribution in [2.24, 2.45) is 16.6 Å². The number of hydrogen-bond donors (Lipinski definition) is 2. The fraction of sp³-hybridized carbons (Fsp3) is 0.533. The zero-order chi connectivity index (χ0) is 15.3. The van der Waals surface area contributed by atoms with E-state index >= 15 is 0 Å². The van der Waals surface area contributed by atoms with Gasteiger partial charge >= 0.3 is 0 Å². The van der Waals surface area contributed by atoms with Gasteiger partial charge in [-0.25, -0.2) is 8.42 Å². The van der Waals surface area contributed by atoms with Gasteiger partial charge < -0.3 is 11.1 Å². The molecule has 0 heterocycles. The van der Waals surface area contributed by atoms with E-state index < -0.39 is 9.84 Å². The summed E-state index contributed by atoms with van der Waals surface area (Å²) in [5.41, 5.74) is 6.88. The number of benzene rings is 1. The molecule has 0 aliphatic heterocycles. The van der Waals surface area contributed by atoms with E-state index in [-0.39, 0.29) is 24.0 Å². The van der Waals surface area contributed by atoms with Crippen LogP contribution in [0, 0.1) is 5.92 Å². The quantitative estimate of drug-likeness (QED) is 0.405. The van der Waals surface area contributed by atoms with Crippen LogP contribution in [0.1, 0.15) is 24.8 Å². The molecular formula is C15H24IN3O2S. The molecule has 0 aromatic heterocycles. The maximum atomic E-state index is 11.4. The molecule has 0 radical (unpaired) electrons. The van der Waals surface area contributed by atoms with Crippen LogP contribution < -0.4 is 11.1 Å². The maximum absolute atomic E-state index is 11.4. The average Bonchev–Trinajstić information content (AvgIpc) is 2.36. The molecule has 0 amide bonds. The minimum atomic E-state index is -3.12. The SMILES string of the molecule is CS(=O)(=O)c1ccc(CCNC(N)=NCC2CCC2)cc1.I. The Balaban J connectivity index is 0.00000242. The molecule has 1 fully saturated rings. The van der Waals surface area contributed by atoms with Crippen LogP contribution in [-0.2, 0) is 16.3 Å². The minimum absolute atomic E-state index is 0. The summed E-state index contributed by atoms with van der Waals surface area (Å²) in [6.07, 6.45) is 5.84. The van der Waals surface area contributed by atoms with E-state index in [2.05, 4.69) is 10.3 Å². The highest BCUT2D eigenvalue weighted by Gasteiger charge is 2.16. The monoisotopic (exact) mass is 437 g/mol. The summed E-state index contributed by atoms with van der Waals surface area (Å²) < 4.78 is 22.7. The summed E-state index contributed by atoms with van der Waals surface area (Å²) in [4.78, 5) is 4.68. The van der Waals surface area contributed by atoms with Gasteiger partial charge in [0.15, 0.2) is 15.8 Å². The number of nitrogens with one attached hydrogen (secondary N) is 1. The van der Waals surface area contributed by atoms with Gasteiger partial charge in [-0.2, -0.15) is 0 Å². The predicted octanol–water partition coefficient (Wildman–Crippen LogP) is 1.95. The van der Waals surface area contributed by atoms with Crippen molar-refractivity contribution in [2.75, 3.05) is 19.3 Å². The molecule has 1 saturated carbocycles.